The van der Waals surface area contributed by atoms with E-state index in [1.807, 2.05) is 31.2 Å². The van der Waals surface area contributed by atoms with Gasteiger partial charge in [0.1, 0.15) is 12.4 Å². The molecular weight excluding hydrogens is 453 g/mol. The molecule has 0 spiro atoms. The average molecular weight is 482 g/mol. The molecule has 1 N–H and O–H groups in total. The van der Waals surface area contributed by atoms with Gasteiger partial charge in [0.25, 0.3) is 10.0 Å². The smallest absolute Gasteiger partial charge is 0.264 e. The summed E-state index contributed by atoms with van der Waals surface area (Å²) in [5.41, 5.74) is 2.77. The van der Waals surface area contributed by atoms with Crippen molar-refractivity contribution < 1.29 is 17.6 Å². The van der Waals surface area contributed by atoms with Crippen LogP contribution in [0, 0.1) is 12.7 Å². The molecule has 1 aliphatic heterocycles. The number of halogens is 1. The lowest BCUT2D eigenvalue weighted by Gasteiger charge is -2.24. The second-order valence-corrected chi connectivity index (χ2v) is 10.3. The highest BCUT2D eigenvalue weighted by Gasteiger charge is 2.29. The fourth-order valence-corrected chi connectivity index (χ4v) is 5.41. The molecule has 1 amide bonds. The van der Waals surface area contributed by atoms with Crippen molar-refractivity contribution >= 4 is 27.3 Å². The van der Waals surface area contributed by atoms with Crippen molar-refractivity contribution in [3.63, 3.8) is 0 Å². The highest BCUT2D eigenvalue weighted by atomic mass is 32.2. The van der Waals surface area contributed by atoms with Crippen LogP contribution in [0.3, 0.4) is 0 Å². The van der Waals surface area contributed by atoms with Crippen LogP contribution in [-0.2, 0) is 21.4 Å². The van der Waals surface area contributed by atoms with Crippen molar-refractivity contribution in [2.75, 3.05) is 28.8 Å². The number of aryl methyl sites for hydroxylation is 1. The van der Waals surface area contributed by atoms with E-state index < -0.39 is 28.3 Å². The van der Waals surface area contributed by atoms with Gasteiger partial charge in [-0.2, -0.15) is 0 Å². The average Bonchev–Trinajstić information content (AvgIpc) is 3.37. The predicted molar refractivity (Wildman–Crippen MR) is 132 cm³/mol. The lowest BCUT2D eigenvalue weighted by molar-refractivity contribution is -0.119. The third-order valence-electron chi connectivity index (χ3n) is 5.91. The second kappa shape index (κ2) is 10.3. The molecule has 6 nitrogen and oxygen atoms in total. The van der Waals surface area contributed by atoms with Gasteiger partial charge >= 0.3 is 0 Å². The number of rotatable bonds is 8. The molecule has 1 heterocycles. The zero-order chi connectivity index (χ0) is 24.1. The van der Waals surface area contributed by atoms with Gasteiger partial charge in [-0.25, -0.2) is 12.8 Å². The van der Waals surface area contributed by atoms with E-state index in [9.17, 15) is 17.6 Å². The minimum atomic E-state index is -4.16. The molecule has 3 aromatic carbocycles. The van der Waals surface area contributed by atoms with Crippen LogP contribution in [-0.4, -0.2) is 34.0 Å². The highest BCUT2D eigenvalue weighted by Crippen LogP contribution is 2.26. The minimum Gasteiger partial charge on any atom is -0.372 e. The topological polar surface area (TPSA) is 69.7 Å². The van der Waals surface area contributed by atoms with E-state index >= 15 is 0 Å². The Balaban J connectivity index is 1.49. The number of hydrogen-bond donors (Lipinski definition) is 1. The van der Waals surface area contributed by atoms with Gasteiger partial charge in [0.05, 0.1) is 10.6 Å². The Morgan fingerprint density at radius 1 is 0.971 bits per heavy atom. The van der Waals surface area contributed by atoms with Crippen molar-refractivity contribution in [1.82, 2.24) is 5.32 Å². The minimum absolute atomic E-state index is 0.00773. The number of nitrogens with one attached hydrogen (secondary N) is 1. The molecule has 1 fully saturated rings. The molecule has 0 unspecified atom stereocenters. The lowest BCUT2D eigenvalue weighted by atomic mass is 10.2. The molecule has 0 aromatic heterocycles. The molecule has 8 heteroatoms. The second-order valence-electron chi connectivity index (χ2n) is 8.41. The Hall–Kier alpha value is -3.39. The van der Waals surface area contributed by atoms with Crippen LogP contribution in [0.25, 0.3) is 0 Å². The van der Waals surface area contributed by atoms with Crippen LogP contribution in [0.4, 0.5) is 15.8 Å². The number of para-hydroxylation sites is 1. The van der Waals surface area contributed by atoms with Gasteiger partial charge in [0.2, 0.25) is 5.91 Å². The monoisotopic (exact) mass is 481 g/mol. The van der Waals surface area contributed by atoms with Gasteiger partial charge in [-0.3, -0.25) is 9.10 Å². The molecule has 0 saturated carbocycles. The summed E-state index contributed by atoms with van der Waals surface area (Å²) in [6, 6.07) is 19.7. The SMILES string of the molecule is Cc1ccc(S(=O)(=O)N(CC(=O)NCc2ccc(N3CCCC3)cc2)c2ccccc2F)cc1. The molecule has 0 atom stereocenters. The zero-order valence-electron chi connectivity index (χ0n) is 19.1. The molecule has 178 valence electrons. The first-order valence-corrected chi connectivity index (χ1v) is 12.7. The van der Waals surface area contributed by atoms with Crippen LogP contribution in [0.5, 0.6) is 0 Å². The molecule has 34 heavy (non-hydrogen) atoms. The molecule has 0 bridgehead atoms. The van der Waals surface area contributed by atoms with E-state index in [4.69, 9.17) is 0 Å². The summed E-state index contributed by atoms with van der Waals surface area (Å²) in [7, 11) is -4.16. The molecule has 1 saturated heterocycles. The Morgan fingerprint density at radius 2 is 1.62 bits per heavy atom. The maximum atomic E-state index is 14.6. The summed E-state index contributed by atoms with van der Waals surface area (Å²) >= 11 is 0. The highest BCUT2D eigenvalue weighted by molar-refractivity contribution is 7.92. The number of benzene rings is 3. The predicted octanol–water partition coefficient (Wildman–Crippen LogP) is 4.25. The van der Waals surface area contributed by atoms with Crippen LogP contribution in [0.15, 0.2) is 77.7 Å². The molecule has 4 rings (SSSR count). The van der Waals surface area contributed by atoms with Crippen molar-refractivity contribution in [2.45, 2.75) is 31.2 Å². The van der Waals surface area contributed by atoms with Crippen molar-refractivity contribution in [1.29, 1.82) is 0 Å². The summed E-state index contributed by atoms with van der Waals surface area (Å²) in [5, 5.41) is 2.76. The summed E-state index contributed by atoms with van der Waals surface area (Å²) < 4.78 is 42.1. The molecule has 0 radical (unpaired) electrons. The molecule has 0 aliphatic carbocycles. The largest absolute Gasteiger partial charge is 0.372 e. The fraction of sp³-hybridized carbons (Fsp3) is 0.269. The number of sulfonamides is 1. The Bertz CT molecular complexity index is 1240. The van der Waals surface area contributed by atoms with E-state index in [1.165, 1.54) is 49.2 Å². The maximum Gasteiger partial charge on any atom is 0.264 e. The Kier molecular flexibility index (Phi) is 7.17. The van der Waals surface area contributed by atoms with Gasteiger partial charge in [-0.1, -0.05) is 42.0 Å². The van der Waals surface area contributed by atoms with E-state index in [0.717, 1.165) is 34.2 Å². The van der Waals surface area contributed by atoms with E-state index in [0.29, 0.717) is 0 Å². The van der Waals surface area contributed by atoms with Gasteiger partial charge < -0.3 is 10.2 Å². The maximum absolute atomic E-state index is 14.6. The van der Waals surface area contributed by atoms with Crippen LogP contribution in [0.1, 0.15) is 24.0 Å². The Morgan fingerprint density at radius 3 is 2.26 bits per heavy atom. The molecule has 1 aliphatic rings. The lowest BCUT2D eigenvalue weighted by Crippen LogP contribution is -2.41. The van der Waals surface area contributed by atoms with Crippen LogP contribution < -0.4 is 14.5 Å². The Labute approximate surface area is 200 Å². The van der Waals surface area contributed by atoms with E-state index in [1.54, 1.807) is 12.1 Å². The van der Waals surface area contributed by atoms with Crippen LogP contribution in [0.2, 0.25) is 0 Å². The number of carbonyl (C=O) groups is 1. The van der Waals surface area contributed by atoms with Gasteiger partial charge in [0, 0.05) is 25.3 Å². The summed E-state index contributed by atoms with van der Waals surface area (Å²) in [4.78, 5) is 15.1. The normalized spacial score (nSPS) is 13.6. The van der Waals surface area contributed by atoms with Crippen molar-refractivity contribution in [2.24, 2.45) is 0 Å². The number of hydrogen-bond acceptors (Lipinski definition) is 4. The van der Waals surface area contributed by atoms with Gasteiger partial charge in [-0.15, -0.1) is 0 Å². The van der Waals surface area contributed by atoms with Crippen molar-refractivity contribution in [3.05, 3.63) is 89.7 Å². The molecular formula is C26H28FN3O3S. The first-order valence-electron chi connectivity index (χ1n) is 11.3. The number of carbonyl (C=O) groups excluding carboxylic acids is 1. The third kappa shape index (κ3) is 5.39. The number of nitrogens with zero attached hydrogens (tertiary/aromatic N) is 2. The number of anilines is 2. The summed E-state index contributed by atoms with van der Waals surface area (Å²) in [5.74, 6) is -1.24. The van der Waals surface area contributed by atoms with E-state index in [-0.39, 0.29) is 17.1 Å². The third-order valence-corrected chi connectivity index (χ3v) is 7.69. The van der Waals surface area contributed by atoms with Gasteiger partial charge in [0.15, 0.2) is 0 Å². The standard InChI is InChI=1S/C26H28FN3O3S/c1-20-8-14-23(15-9-20)34(32,33)30(25-7-3-2-6-24(25)27)19-26(31)28-18-21-10-12-22(13-11-21)29-16-4-5-17-29/h2-3,6-15H,4-5,16-19H2,1H3,(H,28,31). The quantitative estimate of drug-likeness (QED) is 0.522. The fourth-order valence-electron chi connectivity index (χ4n) is 3.98. The van der Waals surface area contributed by atoms with E-state index in [2.05, 4.69) is 10.2 Å². The van der Waals surface area contributed by atoms with Crippen LogP contribution >= 0.6 is 0 Å². The first kappa shape index (κ1) is 23.8. The van der Waals surface area contributed by atoms with Crippen molar-refractivity contribution in [3.8, 4) is 0 Å². The summed E-state index contributed by atoms with van der Waals surface area (Å²) in [6.45, 7) is 3.66. The van der Waals surface area contributed by atoms with Gasteiger partial charge in [-0.05, 0) is 61.7 Å². The number of amides is 1. The first-order chi connectivity index (χ1) is 16.3. The zero-order valence-corrected chi connectivity index (χ0v) is 19.9. The summed E-state index contributed by atoms with van der Waals surface area (Å²) in [6.07, 6.45) is 2.39. The molecule has 3 aromatic rings.